The van der Waals surface area contributed by atoms with E-state index >= 15 is 0 Å². The zero-order valence-corrected chi connectivity index (χ0v) is 19.2. The monoisotopic (exact) mass is 444 g/mol. The lowest BCUT2D eigenvalue weighted by Crippen LogP contribution is -2.37. The normalized spacial score (nSPS) is 15.5. The van der Waals surface area contributed by atoms with Crippen molar-refractivity contribution in [1.82, 2.24) is 29.9 Å². The second kappa shape index (κ2) is 8.86. The van der Waals surface area contributed by atoms with E-state index in [9.17, 15) is 4.79 Å². The largest absolute Gasteiger partial charge is 0.448 e. The summed E-state index contributed by atoms with van der Waals surface area (Å²) in [5.41, 5.74) is 2.87. The van der Waals surface area contributed by atoms with Gasteiger partial charge in [0.1, 0.15) is 17.7 Å². The van der Waals surface area contributed by atoms with Gasteiger partial charge in [0.05, 0.1) is 12.6 Å². The molecule has 0 N–H and O–H groups in total. The number of aromatic nitrogens is 5. The minimum Gasteiger partial charge on any atom is -0.448 e. The van der Waals surface area contributed by atoms with Crippen LogP contribution in [0.15, 0.2) is 47.3 Å². The van der Waals surface area contributed by atoms with E-state index in [-0.39, 0.29) is 18.1 Å². The maximum absolute atomic E-state index is 12.9. The molecule has 4 heterocycles. The molecule has 1 aromatic carbocycles. The molecule has 0 spiro atoms. The van der Waals surface area contributed by atoms with E-state index in [1.165, 1.54) is 6.26 Å². The van der Waals surface area contributed by atoms with Crippen molar-refractivity contribution >= 4 is 16.6 Å². The Morgan fingerprint density at radius 1 is 1.18 bits per heavy atom. The van der Waals surface area contributed by atoms with E-state index in [1.807, 2.05) is 37.5 Å². The summed E-state index contributed by atoms with van der Waals surface area (Å²) in [6.45, 7) is 6.51. The molecule has 8 nitrogen and oxygen atoms in total. The van der Waals surface area contributed by atoms with Crippen LogP contribution in [0.25, 0.3) is 22.0 Å². The number of piperidine rings is 1. The highest BCUT2D eigenvalue weighted by Crippen LogP contribution is 2.28. The topological polar surface area (TPSA) is 89.9 Å². The molecule has 8 heteroatoms. The van der Waals surface area contributed by atoms with Crippen LogP contribution in [0.4, 0.5) is 0 Å². The number of fused-ring (bicyclic) bond motifs is 1. The molecule has 1 saturated heterocycles. The minimum absolute atomic E-state index is 0.0819. The van der Waals surface area contributed by atoms with Crippen molar-refractivity contribution < 1.29 is 9.21 Å². The number of rotatable bonds is 6. The number of hydrogen-bond donors (Lipinski definition) is 0. The van der Waals surface area contributed by atoms with Gasteiger partial charge in [-0.2, -0.15) is 0 Å². The second-order valence-corrected chi connectivity index (χ2v) is 9.09. The van der Waals surface area contributed by atoms with E-state index in [4.69, 9.17) is 4.42 Å². The first-order chi connectivity index (χ1) is 16.0. The van der Waals surface area contributed by atoms with Crippen LogP contribution < -0.4 is 0 Å². The molecule has 0 unspecified atom stereocenters. The molecule has 3 aromatic heterocycles. The molecule has 0 saturated carbocycles. The van der Waals surface area contributed by atoms with Crippen molar-refractivity contribution in [2.45, 2.75) is 45.1 Å². The van der Waals surface area contributed by atoms with Gasteiger partial charge in [0.2, 0.25) is 0 Å². The van der Waals surface area contributed by atoms with Crippen molar-refractivity contribution in [2.75, 3.05) is 13.1 Å². The van der Waals surface area contributed by atoms with E-state index in [2.05, 4.69) is 39.0 Å². The van der Waals surface area contributed by atoms with Gasteiger partial charge in [-0.05, 0) is 57.3 Å². The van der Waals surface area contributed by atoms with E-state index < -0.39 is 0 Å². The third-order valence-electron chi connectivity index (χ3n) is 6.44. The fraction of sp³-hybridized carbons (Fsp3) is 0.400. The van der Waals surface area contributed by atoms with E-state index in [0.717, 1.165) is 48.0 Å². The number of likely N-dealkylation sites (tertiary alicyclic amines) is 1. The lowest BCUT2D eigenvalue weighted by atomic mass is 9.96. The number of carbonyl (C=O) groups excluding carboxylic acids is 1. The van der Waals surface area contributed by atoms with E-state index in [0.29, 0.717) is 23.3 Å². The molecule has 4 aromatic rings. The van der Waals surface area contributed by atoms with Gasteiger partial charge in [-0.3, -0.25) is 14.5 Å². The van der Waals surface area contributed by atoms with E-state index in [1.54, 1.807) is 10.9 Å². The number of Topliss-reactive ketones (excluding diaryl/α,β-unsaturated/α-hetero) is 1. The fourth-order valence-electron chi connectivity index (χ4n) is 4.44. The van der Waals surface area contributed by atoms with Gasteiger partial charge >= 0.3 is 0 Å². The smallest absolute Gasteiger partial charge is 0.197 e. The number of oxazole rings is 1. The zero-order valence-electron chi connectivity index (χ0n) is 19.2. The van der Waals surface area contributed by atoms with Crippen LogP contribution in [-0.2, 0) is 13.5 Å². The van der Waals surface area contributed by atoms with Crippen molar-refractivity contribution in [3.63, 3.8) is 0 Å². The fourth-order valence-corrected chi connectivity index (χ4v) is 4.44. The minimum atomic E-state index is -0.0819. The summed E-state index contributed by atoms with van der Waals surface area (Å²) in [5, 5.41) is 10.2. The number of pyridine rings is 1. The summed E-state index contributed by atoms with van der Waals surface area (Å²) < 4.78 is 7.39. The average molecular weight is 445 g/mol. The summed E-state index contributed by atoms with van der Waals surface area (Å²) in [7, 11) is 1.84. The van der Waals surface area contributed by atoms with Gasteiger partial charge in [-0.15, -0.1) is 5.10 Å². The first-order valence-corrected chi connectivity index (χ1v) is 11.4. The summed E-state index contributed by atoms with van der Waals surface area (Å²) in [6, 6.07) is 8.56. The van der Waals surface area contributed by atoms with Crippen molar-refractivity contribution in [1.29, 1.82) is 0 Å². The molecular formula is C25H28N6O2. The first kappa shape index (κ1) is 21.5. The van der Waals surface area contributed by atoms with Crippen LogP contribution in [0.2, 0.25) is 0 Å². The highest BCUT2D eigenvalue weighted by Gasteiger charge is 2.26. The molecule has 0 bridgehead atoms. The molecule has 1 aliphatic heterocycles. The standard InChI is InChI=1S/C25H28N6O2/c1-16(2)31-8-6-17(7-9-31)25-27-23(15-33-25)24(32)12-21-11-20-10-18(4-5-19(20)13-26-21)22-14-30(3)29-28-22/h4-5,10-11,13-17H,6-9,12H2,1-3H3. The molecule has 5 rings (SSSR count). The van der Waals surface area contributed by atoms with Crippen molar-refractivity contribution in [3.8, 4) is 11.3 Å². The second-order valence-electron chi connectivity index (χ2n) is 9.09. The quantitative estimate of drug-likeness (QED) is 0.415. The van der Waals surface area contributed by atoms with Crippen molar-refractivity contribution in [3.05, 3.63) is 60.2 Å². The lowest BCUT2D eigenvalue weighted by Gasteiger charge is -2.33. The molecule has 1 aliphatic rings. The lowest BCUT2D eigenvalue weighted by molar-refractivity contribution is 0.0987. The van der Waals surface area contributed by atoms with Crippen LogP contribution in [-0.4, -0.2) is 54.8 Å². The third-order valence-corrected chi connectivity index (χ3v) is 6.44. The summed E-state index contributed by atoms with van der Waals surface area (Å²) in [4.78, 5) is 24.4. The van der Waals surface area contributed by atoms with Crippen LogP contribution in [0, 0.1) is 0 Å². The van der Waals surface area contributed by atoms with Gasteiger partial charge in [0, 0.05) is 41.8 Å². The van der Waals surface area contributed by atoms with Gasteiger partial charge in [0.25, 0.3) is 0 Å². The Labute approximate surface area is 192 Å². The summed E-state index contributed by atoms with van der Waals surface area (Å²) in [5.74, 6) is 0.878. The average Bonchev–Trinajstić information content (AvgIpc) is 3.48. The molecule has 0 amide bonds. The molecule has 170 valence electrons. The van der Waals surface area contributed by atoms with Crippen molar-refractivity contribution in [2.24, 2.45) is 7.05 Å². The number of carbonyl (C=O) groups is 1. The number of hydrogen-bond acceptors (Lipinski definition) is 7. The molecular weight excluding hydrogens is 416 g/mol. The Balaban J connectivity index is 1.29. The molecule has 0 aliphatic carbocycles. The zero-order chi connectivity index (χ0) is 22.9. The van der Waals surface area contributed by atoms with Crippen LogP contribution in [0.3, 0.4) is 0 Å². The SMILES string of the molecule is CC(C)N1CCC(c2nc(C(=O)Cc3cc4cc(-c5cn(C)nn5)ccc4cn3)co2)CC1. The summed E-state index contributed by atoms with van der Waals surface area (Å²) in [6.07, 6.45) is 7.37. The Morgan fingerprint density at radius 2 is 2.00 bits per heavy atom. The molecule has 0 atom stereocenters. The highest BCUT2D eigenvalue weighted by atomic mass is 16.3. The molecule has 33 heavy (non-hydrogen) atoms. The van der Waals surface area contributed by atoms with Gasteiger partial charge in [0.15, 0.2) is 11.7 Å². The van der Waals surface area contributed by atoms with Gasteiger partial charge in [-0.25, -0.2) is 4.98 Å². The Morgan fingerprint density at radius 3 is 2.73 bits per heavy atom. The van der Waals surface area contributed by atoms with Crippen LogP contribution >= 0.6 is 0 Å². The van der Waals surface area contributed by atoms with Crippen LogP contribution in [0.5, 0.6) is 0 Å². The third kappa shape index (κ3) is 4.57. The predicted molar refractivity (Wildman–Crippen MR) is 125 cm³/mol. The van der Waals surface area contributed by atoms with Gasteiger partial charge < -0.3 is 9.32 Å². The number of aryl methyl sites for hydroxylation is 1. The Bertz CT molecular complexity index is 1280. The predicted octanol–water partition coefficient (Wildman–Crippen LogP) is 4.03. The number of benzene rings is 1. The maximum Gasteiger partial charge on any atom is 0.197 e. The number of nitrogens with zero attached hydrogens (tertiary/aromatic N) is 6. The summed E-state index contributed by atoms with van der Waals surface area (Å²) >= 11 is 0. The highest BCUT2D eigenvalue weighted by molar-refractivity contribution is 5.96. The first-order valence-electron chi connectivity index (χ1n) is 11.4. The maximum atomic E-state index is 12.9. The molecule has 1 fully saturated rings. The number of ketones is 1. The molecule has 0 radical (unpaired) electrons. The van der Waals surface area contributed by atoms with Crippen LogP contribution in [0.1, 0.15) is 54.7 Å². The Hall–Kier alpha value is -3.39. The Kier molecular flexibility index (Phi) is 5.76. The van der Waals surface area contributed by atoms with Gasteiger partial charge in [-0.1, -0.05) is 17.3 Å².